The van der Waals surface area contributed by atoms with Crippen molar-refractivity contribution in [1.82, 2.24) is 14.7 Å². The van der Waals surface area contributed by atoms with Gasteiger partial charge in [-0.2, -0.15) is 0 Å². The Kier molecular flexibility index (Phi) is 5.80. The highest BCUT2D eigenvalue weighted by Gasteiger charge is 2.28. The lowest BCUT2D eigenvalue weighted by Gasteiger charge is -2.41. The summed E-state index contributed by atoms with van der Waals surface area (Å²) in [5, 5.41) is 0.625. The first-order valence-corrected chi connectivity index (χ1v) is 9.38. The van der Waals surface area contributed by atoms with Crippen LogP contribution in [0.5, 0.6) is 0 Å². The molecule has 4 nitrogen and oxygen atoms in total. The second-order valence-corrected chi connectivity index (χ2v) is 7.79. The molecule has 3 rings (SSSR count). The van der Waals surface area contributed by atoms with Crippen molar-refractivity contribution in [2.24, 2.45) is 5.92 Å². The summed E-state index contributed by atoms with van der Waals surface area (Å²) in [6, 6.07) is 7.90. The van der Waals surface area contributed by atoms with Crippen LogP contribution in [0.1, 0.15) is 30.1 Å². The number of likely N-dealkylation sites (N-methyl/N-ethyl adjacent to an activating group) is 1. The van der Waals surface area contributed by atoms with Crippen molar-refractivity contribution < 1.29 is 4.79 Å². The number of carbonyl (C=O) groups excluding carboxylic acids is 1. The fraction of sp³-hybridized carbons (Fsp3) is 0.632. The molecule has 5 heteroatoms. The summed E-state index contributed by atoms with van der Waals surface area (Å²) in [4.78, 5) is 19.6. The maximum Gasteiger partial charge on any atom is 0.253 e. The molecule has 2 saturated heterocycles. The van der Waals surface area contributed by atoms with Crippen molar-refractivity contribution in [2.75, 3.05) is 46.3 Å². The van der Waals surface area contributed by atoms with Gasteiger partial charge in [-0.1, -0.05) is 17.7 Å². The van der Waals surface area contributed by atoms with E-state index in [0.29, 0.717) is 22.5 Å². The SMILES string of the molecule is C[C@H]1CN(C)CCN1CC1CCN(C(=O)c2cccc(Cl)c2)CC1. The fourth-order valence-electron chi connectivity index (χ4n) is 3.90. The summed E-state index contributed by atoms with van der Waals surface area (Å²) in [5.74, 6) is 0.822. The Morgan fingerprint density at radius 2 is 1.96 bits per heavy atom. The van der Waals surface area contributed by atoms with E-state index in [1.54, 1.807) is 6.07 Å². The van der Waals surface area contributed by atoms with Crippen LogP contribution in [0.25, 0.3) is 0 Å². The van der Waals surface area contributed by atoms with E-state index in [1.807, 2.05) is 23.1 Å². The molecule has 0 N–H and O–H groups in total. The van der Waals surface area contributed by atoms with Crippen molar-refractivity contribution in [2.45, 2.75) is 25.8 Å². The molecule has 0 bridgehead atoms. The zero-order valence-electron chi connectivity index (χ0n) is 14.7. The van der Waals surface area contributed by atoms with Crippen LogP contribution < -0.4 is 0 Å². The van der Waals surface area contributed by atoms with Gasteiger partial charge in [-0.15, -0.1) is 0 Å². The van der Waals surface area contributed by atoms with Crippen LogP contribution in [-0.2, 0) is 0 Å². The van der Waals surface area contributed by atoms with Gasteiger partial charge < -0.3 is 9.80 Å². The zero-order chi connectivity index (χ0) is 17.1. The summed E-state index contributed by atoms with van der Waals surface area (Å²) < 4.78 is 0. The lowest BCUT2D eigenvalue weighted by molar-refractivity contribution is 0.0556. The van der Waals surface area contributed by atoms with Crippen LogP contribution in [0.2, 0.25) is 5.02 Å². The largest absolute Gasteiger partial charge is 0.339 e. The number of benzene rings is 1. The molecular weight excluding hydrogens is 322 g/mol. The number of rotatable bonds is 3. The first-order valence-electron chi connectivity index (χ1n) is 9.00. The minimum absolute atomic E-state index is 0.115. The van der Waals surface area contributed by atoms with Crippen LogP contribution in [-0.4, -0.2) is 73.0 Å². The van der Waals surface area contributed by atoms with Crippen LogP contribution >= 0.6 is 11.6 Å². The summed E-state index contributed by atoms with van der Waals surface area (Å²) in [7, 11) is 2.20. The Morgan fingerprint density at radius 3 is 2.62 bits per heavy atom. The third-order valence-electron chi connectivity index (χ3n) is 5.43. The summed E-state index contributed by atoms with van der Waals surface area (Å²) in [5.41, 5.74) is 0.702. The quantitative estimate of drug-likeness (QED) is 0.839. The molecule has 1 atom stereocenters. The minimum Gasteiger partial charge on any atom is -0.339 e. The average Bonchev–Trinajstić information content (AvgIpc) is 2.57. The van der Waals surface area contributed by atoms with Crippen LogP contribution in [0.3, 0.4) is 0 Å². The van der Waals surface area contributed by atoms with Crippen molar-refractivity contribution in [1.29, 1.82) is 0 Å². The van der Waals surface area contributed by atoms with Gasteiger partial charge in [0.1, 0.15) is 0 Å². The molecule has 2 aliphatic heterocycles. The first-order chi connectivity index (χ1) is 11.5. The highest BCUT2D eigenvalue weighted by Crippen LogP contribution is 2.22. The maximum atomic E-state index is 12.6. The second-order valence-electron chi connectivity index (χ2n) is 7.35. The molecule has 1 aromatic rings. The van der Waals surface area contributed by atoms with E-state index in [0.717, 1.165) is 39.0 Å². The highest BCUT2D eigenvalue weighted by molar-refractivity contribution is 6.30. The van der Waals surface area contributed by atoms with E-state index in [1.165, 1.54) is 13.1 Å². The average molecular weight is 350 g/mol. The third kappa shape index (κ3) is 4.29. The summed E-state index contributed by atoms with van der Waals surface area (Å²) >= 11 is 6.00. The Balaban J connectivity index is 1.50. The van der Waals surface area contributed by atoms with Crippen molar-refractivity contribution >= 4 is 17.5 Å². The minimum atomic E-state index is 0.115. The highest BCUT2D eigenvalue weighted by atomic mass is 35.5. The van der Waals surface area contributed by atoms with Gasteiger partial charge in [0.2, 0.25) is 0 Å². The smallest absolute Gasteiger partial charge is 0.253 e. The van der Waals surface area contributed by atoms with Gasteiger partial charge in [0.05, 0.1) is 0 Å². The van der Waals surface area contributed by atoms with Crippen LogP contribution in [0.15, 0.2) is 24.3 Å². The van der Waals surface area contributed by atoms with Gasteiger partial charge in [-0.25, -0.2) is 0 Å². The van der Waals surface area contributed by atoms with Gasteiger partial charge >= 0.3 is 0 Å². The Morgan fingerprint density at radius 1 is 1.21 bits per heavy atom. The molecule has 2 heterocycles. The van der Waals surface area contributed by atoms with Crippen LogP contribution in [0.4, 0.5) is 0 Å². The molecule has 0 aromatic heterocycles. The molecule has 0 aliphatic carbocycles. The molecule has 24 heavy (non-hydrogen) atoms. The first kappa shape index (κ1) is 17.7. The molecule has 0 radical (unpaired) electrons. The van der Waals surface area contributed by atoms with Crippen molar-refractivity contribution in [3.05, 3.63) is 34.9 Å². The van der Waals surface area contributed by atoms with Crippen molar-refractivity contribution in [3.63, 3.8) is 0 Å². The topological polar surface area (TPSA) is 26.8 Å². The number of nitrogens with zero attached hydrogens (tertiary/aromatic N) is 3. The predicted molar refractivity (Wildman–Crippen MR) is 98.6 cm³/mol. The normalized spacial score (nSPS) is 24.3. The van der Waals surface area contributed by atoms with E-state index in [-0.39, 0.29) is 5.91 Å². The second kappa shape index (κ2) is 7.85. The van der Waals surface area contributed by atoms with Crippen molar-refractivity contribution in [3.8, 4) is 0 Å². The number of piperidine rings is 1. The fourth-order valence-corrected chi connectivity index (χ4v) is 4.09. The Bertz CT molecular complexity index is 571. The molecule has 1 aromatic carbocycles. The number of piperazine rings is 1. The standard InChI is InChI=1S/C19H28ClN3O/c1-15-13-21(2)10-11-23(15)14-16-6-8-22(9-7-16)19(24)17-4-3-5-18(20)12-17/h3-5,12,15-16H,6-11,13-14H2,1-2H3/t15-/m0/s1. The monoisotopic (exact) mass is 349 g/mol. The van der Waals surface area contributed by atoms with Gasteiger partial charge in [-0.3, -0.25) is 9.69 Å². The molecule has 0 spiro atoms. The van der Waals surface area contributed by atoms with E-state index in [9.17, 15) is 4.79 Å². The molecule has 132 valence electrons. The molecular formula is C19H28ClN3O. The zero-order valence-corrected chi connectivity index (χ0v) is 15.5. The van der Waals surface area contributed by atoms with E-state index < -0.39 is 0 Å². The Labute approximate surface area is 150 Å². The van der Waals surface area contributed by atoms with Gasteiger partial charge in [0, 0.05) is 55.9 Å². The summed E-state index contributed by atoms with van der Waals surface area (Å²) in [6.45, 7) is 8.71. The van der Waals surface area contributed by atoms with Gasteiger partial charge in [0.15, 0.2) is 0 Å². The van der Waals surface area contributed by atoms with Gasteiger partial charge in [-0.05, 0) is 50.9 Å². The molecule has 2 aliphatic rings. The number of hydrogen-bond acceptors (Lipinski definition) is 3. The molecule has 2 fully saturated rings. The lowest BCUT2D eigenvalue weighted by Crippen LogP contribution is -2.52. The van der Waals surface area contributed by atoms with E-state index in [2.05, 4.69) is 23.8 Å². The van der Waals surface area contributed by atoms with E-state index >= 15 is 0 Å². The van der Waals surface area contributed by atoms with Crippen LogP contribution in [0, 0.1) is 5.92 Å². The number of likely N-dealkylation sites (tertiary alicyclic amines) is 1. The number of carbonyl (C=O) groups is 1. The lowest BCUT2D eigenvalue weighted by atomic mass is 9.94. The number of amides is 1. The third-order valence-corrected chi connectivity index (χ3v) is 5.67. The molecule has 0 saturated carbocycles. The number of halogens is 1. The predicted octanol–water partition coefficient (Wildman–Crippen LogP) is 2.83. The van der Waals surface area contributed by atoms with E-state index in [4.69, 9.17) is 11.6 Å². The number of hydrogen-bond donors (Lipinski definition) is 0. The molecule has 1 amide bonds. The Hall–Kier alpha value is -1.10. The molecule has 0 unspecified atom stereocenters. The van der Waals surface area contributed by atoms with Gasteiger partial charge in [0.25, 0.3) is 5.91 Å². The maximum absolute atomic E-state index is 12.6. The summed E-state index contributed by atoms with van der Waals surface area (Å²) in [6.07, 6.45) is 2.21.